The predicted octanol–water partition coefficient (Wildman–Crippen LogP) is 9.64. The number of isothiocyanates is 1. The number of aliphatic imine (C=N–C) groups is 1. The second-order valence-electron chi connectivity index (χ2n) is 8.18. The van der Waals surface area contributed by atoms with Crippen LogP contribution in [0.2, 0.25) is 10.0 Å². The van der Waals surface area contributed by atoms with Gasteiger partial charge in [-0.15, -0.1) is 0 Å². The molecule has 0 atom stereocenters. The molecule has 2 aromatic carbocycles. The first-order chi connectivity index (χ1) is 14.1. The highest BCUT2D eigenvalue weighted by atomic mass is 35.5. The van der Waals surface area contributed by atoms with Gasteiger partial charge in [0.15, 0.2) is 0 Å². The minimum absolute atomic E-state index is 0.482. The summed E-state index contributed by atoms with van der Waals surface area (Å²) in [6, 6.07) is 12.7. The van der Waals surface area contributed by atoms with Crippen LogP contribution in [0.25, 0.3) is 11.1 Å². The van der Waals surface area contributed by atoms with Crippen molar-refractivity contribution in [1.29, 1.82) is 0 Å². The Labute approximate surface area is 190 Å². The van der Waals surface area contributed by atoms with Crippen LogP contribution < -0.4 is 0 Å². The molecule has 0 amide bonds. The molecule has 0 N–H and O–H groups in total. The number of rotatable bonds is 8. The SMILES string of the molecule is CCCCCCC1CCC(c2ccc(-c3cc(Cl)c(N=C=S)c(Cl)c3)cc2)CC1. The molecule has 29 heavy (non-hydrogen) atoms. The maximum atomic E-state index is 6.32. The van der Waals surface area contributed by atoms with E-state index < -0.39 is 0 Å². The van der Waals surface area contributed by atoms with Crippen LogP contribution >= 0.6 is 35.4 Å². The van der Waals surface area contributed by atoms with Crippen molar-refractivity contribution in [3.63, 3.8) is 0 Å². The molecule has 0 aromatic heterocycles. The van der Waals surface area contributed by atoms with Crippen molar-refractivity contribution in [1.82, 2.24) is 0 Å². The zero-order chi connectivity index (χ0) is 20.6. The quantitative estimate of drug-likeness (QED) is 0.223. The maximum Gasteiger partial charge on any atom is 0.111 e. The van der Waals surface area contributed by atoms with E-state index in [1.807, 2.05) is 12.1 Å². The fourth-order valence-corrected chi connectivity index (χ4v) is 5.14. The zero-order valence-electron chi connectivity index (χ0n) is 17.1. The van der Waals surface area contributed by atoms with Crippen LogP contribution in [-0.2, 0) is 0 Å². The molecule has 0 bridgehead atoms. The van der Waals surface area contributed by atoms with E-state index in [9.17, 15) is 0 Å². The molecule has 1 fully saturated rings. The van der Waals surface area contributed by atoms with Gasteiger partial charge in [-0.05, 0) is 78.6 Å². The molecule has 0 aliphatic heterocycles. The van der Waals surface area contributed by atoms with E-state index in [0.29, 0.717) is 21.7 Å². The number of benzene rings is 2. The van der Waals surface area contributed by atoms with Crippen molar-refractivity contribution >= 4 is 46.3 Å². The van der Waals surface area contributed by atoms with Gasteiger partial charge in [0, 0.05) is 0 Å². The zero-order valence-corrected chi connectivity index (χ0v) is 19.4. The second kappa shape index (κ2) is 11.3. The highest BCUT2D eigenvalue weighted by molar-refractivity contribution is 7.78. The van der Waals surface area contributed by atoms with Gasteiger partial charge in [0.05, 0.1) is 15.2 Å². The third-order valence-electron chi connectivity index (χ3n) is 6.20. The number of hydrogen-bond donors (Lipinski definition) is 0. The molecule has 1 aliphatic rings. The predicted molar refractivity (Wildman–Crippen MR) is 130 cm³/mol. The number of nitrogens with zero attached hydrogens (tertiary/aromatic N) is 1. The minimum atomic E-state index is 0.482. The van der Waals surface area contributed by atoms with Crippen molar-refractivity contribution in [3.05, 3.63) is 52.0 Å². The van der Waals surface area contributed by atoms with E-state index in [-0.39, 0.29) is 0 Å². The van der Waals surface area contributed by atoms with Crippen molar-refractivity contribution in [2.75, 3.05) is 0 Å². The molecule has 154 valence electrons. The molecule has 2 aromatic rings. The van der Waals surface area contributed by atoms with Crippen molar-refractivity contribution < 1.29 is 0 Å². The molecule has 0 unspecified atom stereocenters. The molecule has 4 heteroatoms. The molecule has 0 heterocycles. The Morgan fingerprint density at radius 3 is 2.17 bits per heavy atom. The van der Waals surface area contributed by atoms with Gasteiger partial charge in [-0.2, -0.15) is 4.99 Å². The Bertz CT molecular complexity index is 825. The van der Waals surface area contributed by atoms with Crippen LogP contribution in [0.15, 0.2) is 41.4 Å². The first-order valence-corrected chi connectivity index (χ1v) is 12.0. The van der Waals surface area contributed by atoms with E-state index in [1.54, 1.807) is 0 Å². The van der Waals surface area contributed by atoms with E-state index >= 15 is 0 Å². The summed E-state index contributed by atoms with van der Waals surface area (Å²) < 4.78 is 0. The Morgan fingerprint density at radius 2 is 1.59 bits per heavy atom. The Kier molecular flexibility index (Phi) is 8.75. The van der Waals surface area contributed by atoms with Crippen LogP contribution in [0.1, 0.15) is 76.2 Å². The summed E-state index contributed by atoms with van der Waals surface area (Å²) in [6.07, 6.45) is 12.4. The van der Waals surface area contributed by atoms with Gasteiger partial charge in [0.1, 0.15) is 5.69 Å². The number of unbranched alkanes of at least 4 members (excludes halogenated alkanes) is 3. The molecular formula is C25H29Cl2NS. The van der Waals surface area contributed by atoms with Gasteiger partial charge in [-0.25, -0.2) is 0 Å². The highest BCUT2D eigenvalue weighted by Crippen LogP contribution is 2.40. The highest BCUT2D eigenvalue weighted by Gasteiger charge is 2.22. The Hall–Kier alpha value is -1.18. The number of thiocarbonyl (C=S) groups is 1. The van der Waals surface area contributed by atoms with Gasteiger partial charge in [0.25, 0.3) is 0 Å². The standard InChI is InChI=1S/C25H29Cl2NS/c1-2-3-4-5-6-18-7-9-19(10-8-18)20-11-13-21(14-12-20)22-15-23(26)25(28-17-29)24(27)16-22/h11-16,18-19H,2-10H2,1H3. The van der Waals surface area contributed by atoms with E-state index in [4.69, 9.17) is 23.2 Å². The number of hydrogen-bond acceptors (Lipinski definition) is 2. The van der Waals surface area contributed by atoms with Gasteiger partial charge in [-0.1, -0.05) is 86.5 Å². The Balaban J connectivity index is 1.61. The van der Waals surface area contributed by atoms with Crippen LogP contribution in [-0.4, -0.2) is 5.16 Å². The lowest BCUT2D eigenvalue weighted by atomic mass is 9.77. The van der Waals surface area contributed by atoms with E-state index in [0.717, 1.165) is 17.0 Å². The summed E-state index contributed by atoms with van der Waals surface area (Å²) in [5, 5.41) is 3.31. The van der Waals surface area contributed by atoms with Gasteiger partial charge >= 0.3 is 0 Å². The average molecular weight is 446 g/mol. The normalized spacial score (nSPS) is 19.0. The lowest BCUT2D eigenvalue weighted by Gasteiger charge is -2.29. The largest absolute Gasteiger partial charge is 0.192 e. The molecule has 3 rings (SSSR count). The molecule has 0 radical (unpaired) electrons. The summed E-state index contributed by atoms with van der Waals surface area (Å²) in [4.78, 5) is 3.95. The summed E-state index contributed by atoms with van der Waals surface area (Å²) in [7, 11) is 0. The fourth-order valence-electron chi connectivity index (χ4n) is 4.48. The fraction of sp³-hybridized carbons (Fsp3) is 0.480. The summed E-state index contributed by atoms with van der Waals surface area (Å²) in [6.45, 7) is 2.28. The van der Waals surface area contributed by atoms with Crippen LogP contribution in [0.4, 0.5) is 5.69 Å². The minimum Gasteiger partial charge on any atom is -0.192 e. The molecular weight excluding hydrogens is 417 g/mol. The van der Waals surface area contributed by atoms with Gasteiger partial charge < -0.3 is 0 Å². The van der Waals surface area contributed by atoms with Crippen LogP contribution in [0.5, 0.6) is 0 Å². The first-order valence-electron chi connectivity index (χ1n) is 10.8. The Morgan fingerprint density at radius 1 is 0.931 bits per heavy atom. The maximum absolute atomic E-state index is 6.32. The molecule has 1 nitrogen and oxygen atoms in total. The van der Waals surface area contributed by atoms with Crippen molar-refractivity contribution in [3.8, 4) is 11.1 Å². The third kappa shape index (κ3) is 6.15. The van der Waals surface area contributed by atoms with E-state index in [2.05, 4.69) is 53.6 Å². The third-order valence-corrected chi connectivity index (χ3v) is 6.87. The van der Waals surface area contributed by atoms with Gasteiger partial charge in [0.2, 0.25) is 0 Å². The van der Waals surface area contributed by atoms with E-state index in [1.165, 1.54) is 63.4 Å². The van der Waals surface area contributed by atoms with Crippen LogP contribution in [0.3, 0.4) is 0 Å². The lowest BCUT2D eigenvalue weighted by Crippen LogP contribution is -2.13. The summed E-state index contributed by atoms with van der Waals surface area (Å²) in [5.74, 6) is 1.64. The molecule has 0 spiro atoms. The topological polar surface area (TPSA) is 12.4 Å². The second-order valence-corrected chi connectivity index (χ2v) is 9.18. The van der Waals surface area contributed by atoms with Crippen molar-refractivity contribution in [2.45, 2.75) is 70.6 Å². The molecule has 0 saturated heterocycles. The number of halogens is 2. The van der Waals surface area contributed by atoms with Crippen molar-refractivity contribution in [2.24, 2.45) is 10.9 Å². The summed E-state index contributed by atoms with van der Waals surface area (Å²) in [5.41, 5.74) is 4.04. The lowest BCUT2D eigenvalue weighted by molar-refractivity contribution is 0.302. The first kappa shape index (κ1) is 22.5. The molecule has 1 saturated carbocycles. The molecule has 1 aliphatic carbocycles. The summed E-state index contributed by atoms with van der Waals surface area (Å²) >= 11 is 17.3. The monoisotopic (exact) mass is 445 g/mol. The van der Waals surface area contributed by atoms with Gasteiger partial charge in [-0.3, -0.25) is 0 Å². The van der Waals surface area contributed by atoms with Crippen LogP contribution in [0, 0.1) is 5.92 Å². The smallest absolute Gasteiger partial charge is 0.111 e. The average Bonchev–Trinajstić information content (AvgIpc) is 2.74.